The number of rotatable bonds is 6. The Morgan fingerprint density at radius 3 is 2.35 bits per heavy atom. The molecule has 0 amide bonds. The van der Waals surface area contributed by atoms with Crippen LogP contribution in [0.15, 0.2) is 18.2 Å². The molecule has 1 aromatic rings. The van der Waals surface area contributed by atoms with Gasteiger partial charge in [-0.1, -0.05) is 13.0 Å². The Balaban J connectivity index is 2.90. The van der Waals surface area contributed by atoms with E-state index in [2.05, 4.69) is 0 Å². The predicted molar refractivity (Wildman–Crippen MR) is 63.6 cm³/mol. The minimum absolute atomic E-state index is 0.117. The van der Waals surface area contributed by atoms with Gasteiger partial charge < -0.3 is 14.9 Å². The number of aliphatic hydroxyl groups excluding tert-OH is 2. The van der Waals surface area contributed by atoms with Gasteiger partial charge in [0.15, 0.2) is 11.6 Å². The second kappa shape index (κ2) is 5.98. The zero-order valence-corrected chi connectivity index (χ0v) is 10.2. The van der Waals surface area contributed by atoms with Gasteiger partial charge in [-0.25, -0.2) is 4.39 Å². The summed E-state index contributed by atoms with van der Waals surface area (Å²) in [6.45, 7) is 1.66. The van der Waals surface area contributed by atoms with Crippen molar-refractivity contribution in [3.05, 3.63) is 29.6 Å². The van der Waals surface area contributed by atoms with Gasteiger partial charge in [0.25, 0.3) is 0 Å². The molecule has 0 saturated heterocycles. The monoisotopic (exact) mass is 242 g/mol. The van der Waals surface area contributed by atoms with E-state index in [1.165, 1.54) is 13.2 Å². The van der Waals surface area contributed by atoms with Crippen LogP contribution in [-0.2, 0) is 6.42 Å². The van der Waals surface area contributed by atoms with E-state index < -0.39 is 11.2 Å². The minimum Gasteiger partial charge on any atom is -0.494 e. The zero-order valence-electron chi connectivity index (χ0n) is 10.2. The number of hydrogen-bond donors (Lipinski definition) is 2. The van der Waals surface area contributed by atoms with Crippen molar-refractivity contribution < 1.29 is 19.3 Å². The number of hydrogen-bond acceptors (Lipinski definition) is 3. The average molecular weight is 242 g/mol. The number of halogens is 1. The predicted octanol–water partition coefficient (Wildman–Crippen LogP) is 1.76. The first-order valence-electron chi connectivity index (χ1n) is 5.65. The standard InChI is InChI=1S/C13H19FO3/c1-3-13(8-15,9-16)7-10-4-5-12(17-2)11(14)6-10/h4-6,15-16H,3,7-9H2,1-2H3. The van der Waals surface area contributed by atoms with Gasteiger partial charge in [0.05, 0.1) is 20.3 Å². The van der Waals surface area contributed by atoms with Crippen LogP contribution in [0.4, 0.5) is 4.39 Å². The highest BCUT2D eigenvalue weighted by molar-refractivity contribution is 5.30. The van der Waals surface area contributed by atoms with Crippen molar-refractivity contribution in [3.63, 3.8) is 0 Å². The maximum absolute atomic E-state index is 13.5. The van der Waals surface area contributed by atoms with E-state index in [0.29, 0.717) is 12.8 Å². The van der Waals surface area contributed by atoms with Gasteiger partial charge in [0.1, 0.15) is 0 Å². The zero-order chi connectivity index (χ0) is 12.9. The largest absolute Gasteiger partial charge is 0.494 e. The first-order valence-corrected chi connectivity index (χ1v) is 5.65. The summed E-state index contributed by atoms with van der Waals surface area (Å²) in [6, 6.07) is 4.69. The Morgan fingerprint density at radius 2 is 1.94 bits per heavy atom. The first-order chi connectivity index (χ1) is 8.10. The van der Waals surface area contributed by atoms with Crippen LogP contribution >= 0.6 is 0 Å². The van der Waals surface area contributed by atoms with Crippen molar-refractivity contribution in [1.29, 1.82) is 0 Å². The summed E-state index contributed by atoms with van der Waals surface area (Å²) in [5.74, 6) is -0.227. The summed E-state index contributed by atoms with van der Waals surface area (Å²) in [5, 5.41) is 18.7. The van der Waals surface area contributed by atoms with Crippen molar-refractivity contribution in [2.24, 2.45) is 5.41 Å². The molecule has 0 saturated carbocycles. The molecule has 3 nitrogen and oxygen atoms in total. The molecule has 0 aliphatic heterocycles. The number of aliphatic hydroxyl groups is 2. The van der Waals surface area contributed by atoms with E-state index in [-0.39, 0.29) is 19.0 Å². The van der Waals surface area contributed by atoms with Crippen LogP contribution < -0.4 is 4.74 Å². The van der Waals surface area contributed by atoms with Gasteiger partial charge in [0.2, 0.25) is 0 Å². The average Bonchev–Trinajstić information content (AvgIpc) is 2.36. The molecule has 0 bridgehead atoms. The number of benzene rings is 1. The normalized spacial score (nSPS) is 11.6. The summed E-state index contributed by atoms with van der Waals surface area (Å²) >= 11 is 0. The van der Waals surface area contributed by atoms with E-state index in [9.17, 15) is 14.6 Å². The van der Waals surface area contributed by atoms with E-state index in [1.807, 2.05) is 6.92 Å². The van der Waals surface area contributed by atoms with Crippen LogP contribution in [0, 0.1) is 11.2 Å². The van der Waals surface area contributed by atoms with Crippen molar-refractivity contribution in [2.45, 2.75) is 19.8 Å². The van der Waals surface area contributed by atoms with Crippen LogP contribution in [0.5, 0.6) is 5.75 Å². The molecule has 0 aliphatic rings. The third-order valence-electron chi connectivity index (χ3n) is 3.22. The molecule has 0 unspecified atom stereocenters. The molecular formula is C13H19FO3. The fraction of sp³-hybridized carbons (Fsp3) is 0.538. The molecule has 0 atom stereocenters. The first kappa shape index (κ1) is 13.9. The fourth-order valence-electron chi connectivity index (χ4n) is 1.76. The highest BCUT2D eigenvalue weighted by Crippen LogP contribution is 2.28. The lowest BCUT2D eigenvalue weighted by Gasteiger charge is -2.28. The van der Waals surface area contributed by atoms with Crippen LogP contribution in [-0.4, -0.2) is 30.5 Å². The van der Waals surface area contributed by atoms with Crippen LogP contribution in [0.2, 0.25) is 0 Å². The third kappa shape index (κ3) is 3.17. The molecule has 0 radical (unpaired) electrons. The molecule has 0 heterocycles. The van der Waals surface area contributed by atoms with Gasteiger partial charge in [-0.05, 0) is 30.5 Å². The molecule has 0 aromatic heterocycles. The fourth-order valence-corrected chi connectivity index (χ4v) is 1.76. The van der Waals surface area contributed by atoms with Crippen LogP contribution in [0.1, 0.15) is 18.9 Å². The van der Waals surface area contributed by atoms with Crippen molar-refractivity contribution in [1.82, 2.24) is 0 Å². The Hall–Kier alpha value is -1.13. The van der Waals surface area contributed by atoms with Crippen molar-refractivity contribution in [3.8, 4) is 5.75 Å². The lowest BCUT2D eigenvalue weighted by Crippen LogP contribution is -2.31. The Labute approximate surface area is 101 Å². The molecule has 1 rings (SSSR count). The summed E-state index contributed by atoms with van der Waals surface area (Å²) < 4.78 is 18.3. The Bertz CT molecular complexity index is 353. The summed E-state index contributed by atoms with van der Waals surface area (Å²) in [4.78, 5) is 0. The van der Waals surface area contributed by atoms with Gasteiger partial charge in [-0.3, -0.25) is 0 Å². The summed E-state index contributed by atoms with van der Waals surface area (Å²) in [5.41, 5.74) is 0.161. The number of ether oxygens (including phenoxy) is 1. The van der Waals surface area contributed by atoms with Gasteiger partial charge in [-0.2, -0.15) is 0 Å². The second-order valence-electron chi connectivity index (χ2n) is 4.32. The van der Waals surface area contributed by atoms with E-state index in [0.717, 1.165) is 5.56 Å². The van der Waals surface area contributed by atoms with Crippen LogP contribution in [0.25, 0.3) is 0 Å². The summed E-state index contributed by atoms with van der Waals surface area (Å²) in [7, 11) is 1.41. The van der Waals surface area contributed by atoms with E-state index in [4.69, 9.17) is 4.74 Å². The Kier molecular flexibility index (Phi) is 4.90. The van der Waals surface area contributed by atoms with Gasteiger partial charge >= 0.3 is 0 Å². The molecule has 4 heteroatoms. The molecule has 0 fully saturated rings. The molecule has 2 N–H and O–H groups in total. The molecule has 0 aliphatic carbocycles. The highest BCUT2D eigenvalue weighted by atomic mass is 19.1. The topological polar surface area (TPSA) is 49.7 Å². The molecule has 0 spiro atoms. The van der Waals surface area contributed by atoms with E-state index in [1.54, 1.807) is 12.1 Å². The third-order valence-corrected chi connectivity index (χ3v) is 3.22. The Morgan fingerprint density at radius 1 is 1.29 bits per heavy atom. The lowest BCUT2D eigenvalue weighted by atomic mass is 9.81. The number of methoxy groups -OCH3 is 1. The maximum atomic E-state index is 13.5. The maximum Gasteiger partial charge on any atom is 0.165 e. The molecule has 1 aromatic carbocycles. The highest BCUT2D eigenvalue weighted by Gasteiger charge is 2.27. The molecule has 96 valence electrons. The van der Waals surface area contributed by atoms with Crippen molar-refractivity contribution in [2.75, 3.05) is 20.3 Å². The SMILES string of the molecule is CCC(CO)(CO)Cc1ccc(OC)c(F)c1. The van der Waals surface area contributed by atoms with Crippen molar-refractivity contribution >= 4 is 0 Å². The van der Waals surface area contributed by atoms with E-state index >= 15 is 0 Å². The quantitative estimate of drug-likeness (QED) is 0.799. The molecule has 17 heavy (non-hydrogen) atoms. The van der Waals surface area contributed by atoms with Gasteiger partial charge in [-0.15, -0.1) is 0 Å². The molecular weight excluding hydrogens is 223 g/mol. The summed E-state index contributed by atoms with van der Waals surface area (Å²) in [6.07, 6.45) is 1.07. The second-order valence-corrected chi connectivity index (χ2v) is 4.32. The smallest absolute Gasteiger partial charge is 0.165 e. The lowest BCUT2D eigenvalue weighted by molar-refractivity contribution is 0.0513. The van der Waals surface area contributed by atoms with Gasteiger partial charge in [0, 0.05) is 5.41 Å². The minimum atomic E-state index is -0.582. The van der Waals surface area contributed by atoms with Crippen LogP contribution in [0.3, 0.4) is 0 Å².